The molecule has 1 aromatic rings. The largest absolute Gasteiger partial charge is 0.352 e. The van der Waals surface area contributed by atoms with Gasteiger partial charge in [0.25, 0.3) is 5.91 Å². The van der Waals surface area contributed by atoms with E-state index in [0.717, 1.165) is 24.2 Å². The highest BCUT2D eigenvalue weighted by Gasteiger charge is 2.57. The van der Waals surface area contributed by atoms with Gasteiger partial charge in [0.2, 0.25) is 11.8 Å². The Labute approximate surface area is 179 Å². The number of amides is 3. The minimum atomic E-state index is -0.622. The second-order valence-electron chi connectivity index (χ2n) is 8.40. The molecule has 1 aromatic carbocycles. The highest BCUT2D eigenvalue weighted by atomic mass is 32.2. The van der Waals surface area contributed by atoms with E-state index in [2.05, 4.69) is 10.6 Å². The maximum Gasteiger partial charge on any atom is 0.256 e. The molecule has 4 rings (SSSR count). The summed E-state index contributed by atoms with van der Waals surface area (Å²) in [6, 6.07) is 6.61. The summed E-state index contributed by atoms with van der Waals surface area (Å²) < 4.78 is -0.449. The number of hydrogen-bond donors (Lipinski definition) is 2. The summed E-state index contributed by atoms with van der Waals surface area (Å²) in [4.78, 5) is 40.8. The van der Waals surface area contributed by atoms with Crippen LogP contribution in [0.5, 0.6) is 0 Å². The van der Waals surface area contributed by atoms with Crippen LogP contribution in [0, 0.1) is 0 Å². The van der Waals surface area contributed by atoms with Crippen molar-refractivity contribution in [2.45, 2.75) is 61.4 Å². The monoisotopic (exact) mass is 433 g/mol. The van der Waals surface area contributed by atoms with Crippen LogP contribution < -0.4 is 10.6 Å². The van der Waals surface area contributed by atoms with Gasteiger partial charge >= 0.3 is 0 Å². The Balaban J connectivity index is 1.54. The van der Waals surface area contributed by atoms with Crippen molar-refractivity contribution in [2.75, 3.05) is 12.0 Å². The topological polar surface area (TPSA) is 78.5 Å². The Morgan fingerprint density at radius 1 is 1.31 bits per heavy atom. The minimum Gasteiger partial charge on any atom is -0.352 e. The van der Waals surface area contributed by atoms with Gasteiger partial charge in [-0.2, -0.15) is 11.8 Å². The Bertz CT molecular complexity index is 840. The van der Waals surface area contributed by atoms with Crippen LogP contribution in [0.25, 0.3) is 0 Å². The van der Waals surface area contributed by atoms with E-state index in [-0.39, 0.29) is 29.1 Å². The summed E-state index contributed by atoms with van der Waals surface area (Å²) in [5, 5.41) is 5.81. The van der Waals surface area contributed by atoms with Crippen molar-refractivity contribution >= 4 is 41.2 Å². The molecule has 1 aliphatic carbocycles. The number of benzene rings is 1. The van der Waals surface area contributed by atoms with Gasteiger partial charge in [-0.1, -0.05) is 18.2 Å². The van der Waals surface area contributed by atoms with E-state index in [4.69, 9.17) is 0 Å². The lowest BCUT2D eigenvalue weighted by molar-refractivity contribution is -0.132. The van der Waals surface area contributed by atoms with Gasteiger partial charge in [0.05, 0.1) is 0 Å². The average Bonchev–Trinajstić information content (AvgIpc) is 3.40. The minimum absolute atomic E-state index is 0.105. The Hall–Kier alpha value is -1.67. The number of hydrogen-bond acceptors (Lipinski definition) is 5. The maximum atomic E-state index is 13.4. The molecule has 0 bridgehead atoms. The van der Waals surface area contributed by atoms with Crippen LogP contribution in [0.2, 0.25) is 0 Å². The van der Waals surface area contributed by atoms with Crippen LogP contribution in [0.1, 0.15) is 54.4 Å². The first kappa shape index (κ1) is 20.6. The van der Waals surface area contributed by atoms with Gasteiger partial charge in [-0.25, -0.2) is 0 Å². The first-order valence-electron chi connectivity index (χ1n) is 10.0. The number of carbonyl (C=O) groups excluding carboxylic acids is 3. The molecule has 1 saturated heterocycles. The predicted octanol–water partition coefficient (Wildman–Crippen LogP) is 2.55. The summed E-state index contributed by atoms with van der Waals surface area (Å²) in [5.41, 5.74) is 1.64. The van der Waals surface area contributed by atoms with E-state index in [1.165, 1.54) is 0 Å². The van der Waals surface area contributed by atoms with Crippen LogP contribution in [-0.2, 0) is 9.59 Å². The van der Waals surface area contributed by atoms with E-state index >= 15 is 0 Å². The van der Waals surface area contributed by atoms with E-state index < -0.39 is 16.8 Å². The number of fused-ring (bicyclic) bond motifs is 3. The maximum absolute atomic E-state index is 13.4. The quantitative estimate of drug-likeness (QED) is 0.691. The van der Waals surface area contributed by atoms with Crippen molar-refractivity contribution in [3.8, 4) is 0 Å². The molecule has 3 amide bonds. The molecule has 2 heterocycles. The molecule has 2 aliphatic heterocycles. The van der Waals surface area contributed by atoms with E-state index in [9.17, 15) is 14.4 Å². The Morgan fingerprint density at radius 3 is 2.72 bits per heavy atom. The molecule has 3 atom stereocenters. The Kier molecular flexibility index (Phi) is 5.59. The molecule has 3 aliphatic rings. The second kappa shape index (κ2) is 7.87. The average molecular weight is 434 g/mol. The number of nitrogens with one attached hydrogen (secondary N) is 2. The summed E-state index contributed by atoms with van der Waals surface area (Å²) in [5.74, 6) is 0.309. The molecule has 0 radical (unpaired) electrons. The third-order valence-electron chi connectivity index (χ3n) is 5.71. The van der Waals surface area contributed by atoms with Crippen LogP contribution in [0.4, 0.5) is 0 Å². The molecule has 6 nitrogen and oxygen atoms in total. The summed E-state index contributed by atoms with van der Waals surface area (Å²) in [6.07, 6.45) is 4.56. The molecule has 2 fully saturated rings. The fraction of sp³-hybridized carbons (Fsp3) is 0.571. The molecule has 8 heteroatoms. The zero-order chi connectivity index (χ0) is 20.8. The summed E-state index contributed by atoms with van der Waals surface area (Å²) >= 11 is 3.28. The highest BCUT2D eigenvalue weighted by Crippen LogP contribution is 2.56. The van der Waals surface area contributed by atoms with Gasteiger partial charge in [0.1, 0.15) is 17.5 Å². The van der Waals surface area contributed by atoms with Gasteiger partial charge in [-0.05, 0) is 56.7 Å². The molecular formula is C21H27N3O3S2. The fourth-order valence-corrected chi connectivity index (χ4v) is 6.15. The van der Waals surface area contributed by atoms with E-state index in [0.29, 0.717) is 12.0 Å². The van der Waals surface area contributed by atoms with Crippen molar-refractivity contribution < 1.29 is 14.4 Å². The SMILES string of the molecule is CSCC[C@H](NC(=O)[C@H]1N2C(=O)c3ccccc3C2SC1(C)C)C(=O)NC1CC1. The molecular weight excluding hydrogens is 406 g/mol. The Morgan fingerprint density at radius 2 is 2.03 bits per heavy atom. The van der Waals surface area contributed by atoms with Crippen molar-refractivity contribution in [2.24, 2.45) is 0 Å². The number of thioether (sulfide) groups is 2. The summed E-state index contributed by atoms with van der Waals surface area (Å²) in [6.45, 7) is 3.99. The molecule has 156 valence electrons. The molecule has 1 unspecified atom stereocenters. The first-order valence-corrected chi connectivity index (χ1v) is 12.3. The molecule has 29 heavy (non-hydrogen) atoms. The van der Waals surface area contributed by atoms with Gasteiger partial charge in [-0.15, -0.1) is 11.8 Å². The van der Waals surface area contributed by atoms with Gasteiger partial charge in [0.15, 0.2) is 0 Å². The zero-order valence-corrected chi connectivity index (χ0v) is 18.6. The van der Waals surface area contributed by atoms with Crippen molar-refractivity contribution in [1.82, 2.24) is 15.5 Å². The third-order valence-corrected chi connectivity index (χ3v) is 7.89. The predicted molar refractivity (Wildman–Crippen MR) is 117 cm³/mol. The lowest BCUT2D eigenvalue weighted by atomic mass is 10.00. The van der Waals surface area contributed by atoms with Gasteiger partial charge in [-0.3, -0.25) is 14.4 Å². The lowest BCUT2D eigenvalue weighted by Crippen LogP contribution is -2.57. The first-order chi connectivity index (χ1) is 13.8. The van der Waals surface area contributed by atoms with Crippen LogP contribution >= 0.6 is 23.5 Å². The normalized spacial score (nSPS) is 25.3. The number of nitrogens with zero attached hydrogens (tertiary/aromatic N) is 1. The van der Waals surface area contributed by atoms with Crippen LogP contribution in [-0.4, -0.2) is 57.5 Å². The number of rotatable bonds is 7. The van der Waals surface area contributed by atoms with Gasteiger partial charge < -0.3 is 15.5 Å². The molecule has 1 saturated carbocycles. The molecule has 0 aromatic heterocycles. The van der Waals surface area contributed by atoms with E-state index in [1.807, 2.05) is 44.4 Å². The van der Waals surface area contributed by atoms with Crippen LogP contribution in [0.15, 0.2) is 24.3 Å². The van der Waals surface area contributed by atoms with Crippen molar-refractivity contribution in [3.63, 3.8) is 0 Å². The zero-order valence-electron chi connectivity index (χ0n) is 16.9. The van der Waals surface area contributed by atoms with Crippen LogP contribution in [0.3, 0.4) is 0 Å². The lowest BCUT2D eigenvalue weighted by Gasteiger charge is -2.31. The molecule has 2 N–H and O–H groups in total. The smallest absolute Gasteiger partial charge is 0.256 e. The van der Waals surface area contributed by atoms with Gasteiger partial charge in [0, 0.05) is 16.4 Å². The van der Waals surface area contributed by atoms with Crippen molar-refractivity contribution in [1.29, 1.82) is 0 Å². The van der Waals surface area contributed by atoms with E-state index in [1.54, 1.807) is 28.4 Å². The number of carbonyl (C=O) groups is 3. The third kappa shape index (κ3) is 3.89. The summed E-state index contributed by atoms with van der Waals surface area (Å²) in [7, 11) is 0. The molecule has 0 spiro atoms. The highest BCUT2D eigenvalue weighted by molar-refractivity contribution is 8.01. The fourth-order valence-electron chi connectivity index (χ4n) is 4.09. The second-order valence-corrected chi connectivity index (χ2v) is 11.1. The van der Waals surface area contributed by atoms with Crippen molar-refractivity contribution in [3.05, 3.63) is 35.4 Å². The standard InChI is InChI=1S/C21H27N3O3S2/c1-21(2)16(24-19(27)13-6-4-5-7-14(13)20(24)29-21)18(26)23-15(10-11-28-3)17(25)22-12-8-9-12/h4-7,12,15-16,20H,8-11H2,1-3H3,(H,22,25)(H,23,26)/t15-,16+,20?/m0/s1.